The van der Waals surface area contributed by atoms with Crippen LogP contribution in [0.2, 0.25) is 0 Å². The zero-order valence-corrected chi connectivity index (χ0v) is 12.3. The van der Waals surface area contributed by atoms with Crippen molar-refractivity contribution in [1.29, 1.82) is 0 Å². The largest absolute Gasteiger partial charge is 0.506 e. The maximum Gasteiger partial charge on any atom is 0.341 e. The number of ether oxygens (including phenoxy) is 2. The lowest BCUT2D eigenvalue weighted by molar-refractivity contribution is 0.0496. The third kappa shape index (κ3) is 3.96. The number of benzene rings is 1. The molecule has 6 heteroatoms. The zero-order valence-electron chi connectivity index (χ0n) is 10.7. The maximum absolute atomic E-state index is 11.8. The first-order valence-corrected chi connectivity index (χ1v) is 6.58. The Morgan fingerprint density at radius 1 is 1.32 bits per heavy atom. The van der Waals surface area contributed by atoms with Gasteiger partial charge in [0.25, 0.3) is 0 Å². The van der Waals surface area contributed by atoms with Crippen LogP contribution < -0.4 is 0 Å². The van der Waals surface area contributed by atoms with Gasteiger partial charge in [-0.2, -0.15) is 0 Å². The van der Waals surface area contributed by atoms with Gasteiger partial charge in [-0.25, -0.2) is 9.59 Å². The van der Waals surface area contributed by atoms with E-state index in [1.54, 1.807) is 0 Å². The summed E-state index contributed by atoms with van der Waals surface area (Å²) in [4.78, 5) is 23.2. The first kappa shape index (κ1) is 15.5. The molecule has 1 rings (SSSR count). The van der Waals surface area contributed by atoms with Crippen LogP contribution in [0.1, 0.15) is 40.5 Å². The number of rotatable bonds is 5. The van der Waals surface area contributed by atoms with Crippen molar-refractivity contribution >= 4 is 27.9 Å². The van der Waals surface area contributed by atoms with Gasteiger partial charge in [-0.05, 0) is 34.5 Å². The van der Waals surface area contributed by atoms with Gasteiger partial charge in [0.1, 0.15) is 11.3 Å². The first-order valence-electron chi connectivity index (χ1n) is 5.79. The Labute approximate surface area is 119 Å². The second-order valence-electron chi connectivity index (χ2n) is 3.84. The number of carbonyl (C=O) groups is 2. The van der Waals surface area contributed by atoms with Gasteiger partial charge in [0.2, 0.25) is 0 Å². The number of hydrogen-bond acceptors (Lipinski definition) is 5. The molecule has 0 aliphatic carbocycles. The minimum absolute atomic E-state index is 0.0640. The molecule has 0 bridgehead atoms. The van der Waals surface area contributed by atoms with E-state index in [1.807, 2.05) is 6.92 Å². The molecule has 0 amide bonds. The number of halogens is 1. The molecule has 0 saturated carbocycles. The number of esters is 2. The van der Waals surface area contributed by atoms with Gasteiger partial charge in [-0.15, -0.1) is 0 Å². The summed E-state index contributed by atoms with van der Waals surface area (Å²) in [5.41, 5.74) is 0.0977. The lowest BCUT2D eigenvalue weighted by Gasteiger charge is -2.09. The Balaban J connectivity index is 3.01. The lowest BCUT2D eigenvalue weighted by Crippen LogP contribution is -2.09. The maximum atomic E-state index is 11.8. The van der Waals surface area contributed by atoms with E-state index in [0.29, 0.717) is 0 Å². The topological polar surface area (TPSA) is 72.8 Å². The van der Waals surface area contributed by atoms with Crippen LogP contribution in [0.15, 0.2) is 16.6 Å². The van der Waals surface area contributed by atoms with Crippen LogP contribution in [0.3, 0.4) is 0 Å². The molecular weight excluding hydrogens is 316 g/mol. The van der Waals surface area contributed by atoms with Crippen molar-refractivity contribution in [2.45, 2.75) is 19.8 Å². The van der Waals surface area contributed by atoms with Crippen LogP contribution in [0.5, 0.6) is 5.75 Å². The molecule has 1 aromatic rings. The smallest absolute Gasteiger partial charge is 0.341 e. The predicted octanol–water partition coefficient (Wildman–Crippen LogP) is 2.90. The summed E-state index contributed by atoms with van der Waals surface area (Å²) < 4.78 is 9.81. The summed E-state index contributed by atoms with van der Waals surface area (Å²) in [5, 5.41) is 9.80. The normalized spacial score (nSPS) is 10.1. The molecule has 0 spiro atoms. The average molecular weight is 331 g/mol. The molecule has 0 aliphatic heterocycles. The highest BCUT2D eigenvalue weighted by Crippen LogP contribution is 2.30. The second-order valence-corrected chi connectivity index (χ2v) is 4.69. The minimum atomic E-state index is -0.669. The summed E-state index contributed by atoms with van der Waals surface area (Å²) in [6.45, 7) is 2.24. The fourth-order valence-electron chi connectivity index (χ4n) is 1.38. The molecule has 0 fully saturated rings. The van der Waals surface area contributed by atoms with Gasteiger partial charge < -0.3 is 14.6 Å². The summed E-state index contributed by atoms with van der Waals surface area (Å²) >= 11 is 3.08. The second kappa shape index (κ2) is 7.13. The standard InChI is InChI=1S/C13H15BrO5/c1-3-4-5-19-13(17)9-6-8(12(16)18-2)7-10(14)11(9)15/h6-7,15H,3-5H2,1-2H3. The Bertz CT molecular complexity index is 484. The van der Waals surface area contributed by atoms with E-state index in [9.17, 15) is 14.7 Å². The van der Waals surface area contributed by atoms with Crippen molar-refractivity contribution in [2.75, 3.05) is 13.7 Å². The number of carbonyl (C=O) groups excluding carboxylic acids is 2. The van der Waals surface area contributed by atoms with Crippen molar-refractivity contribution in [3.8, 4) is 5.75 Å². The summed E-state index contributed by atoms with van der Waals surface area (Å²) in [6, 6.07) is 2.63. The Morgan fingerprint density at radius 2 is 2.00 bits per heavy atom. The molecule has 104 valence electrons. The van der Waals surface area contributed by atoms with Gasteiger partial charge in [-0.1, -0.05) is 13.3 Å². The van der Waals surface area contributed by atoms with Crippen molar-refractivity contribution in [1.82, 2.24) is 0 Å². The van der Waals surface area contributed by atoms with Crippen LogP contribution >= 0.6 is 15.9 Å². The van der Waals surface area contributed by atoms with Crippen LogP contribution in [0, 0.1) is 0 Å². The first-order chi connectivity index (χ1) is 9.01. The highest BCUT2D eigenvalue weighted by atomic mass is 79.9. The van der Waals surface area contributed by atoms with Gasteiger partial charge in [0.05, 0.1) is 23.8 Å². The zero-order chi connectivity index (χ0) is 14.4. The van der Waals surface area contributed by atoms with Crippen molar-refractivity contribution in [2.24, 2.45) is 0 Å². The summed E-state index contributed by atoms with van der Waals surface area (Å²) in [5.74, 6) is -1.52. The molecule has 5 nitrogen and oxygen atoms in total. The van der Waals surface area contributed by atoms with Gasteiger partial charge >= 0.3 is 11.9 Å². The van der Waals surface area contributed by atoms with E-state index in [-0.39, 0.29) is 28.0 Å². The van der Waals surface area contributed by atoms with E-state index in [2.05, 4.69) is 20.7 Å². The molecule has 0 atom stereocenters. The van der Waals surface area contributed by atoms with Crippen LogP contribution in [-0.2, 0) is 9.47 Å². The SMILES string of the molecule is CCCCOC(=O)c1cc(C(=O)OC)cc(Br)c1O. The fraction of sp³-hybridized carbons (Fsp3) is 0.385. The average Bonchev–Trinajstić information content (AvgIpc) is 2.40. The fourth-order valence-corrected chi connectivity index (χ4v) is 1.84. The molecule has 0 radical (unpaired) electrons. The van der Waals surface area contributed by atoms with Crippen molar-refractivity contribution < 1.29 is 24.2 Å². The van der Waals surface area contributed by atoms with E-state index >= 15 is 0 Å². The Hall–Kier alpha value is -1.56. The molecule has 0 heterocycles. The lowest BCUT2D eigenvalue weighted by atomic mass is 10.1. The van der Waals surface area contributed by atoms with Crippen LogP contribution in [0.4, 0.5) is 0 Å². The highest BCUT2D eigenvalue weighted by molar-refractivity contribution is 9.10. The third-order valence-electron chi connectivity index (χ3n) is 2.44. The quantitative estimate of drug-likeness (QED) is 0.663. The number of aromatic hydroxyl groups is 1. The summed E-state index contributed by atoms with van der Waals surface area (Å²) in [6.07, 6.45) is 1.63. The number of phenols is 1. The molecule has 0 unspecified atom stereocenters. The molecule has 1 aromatic carbocycles. The van der Waals surface area contributed by atoms with Gasteiger partial charge in [0.15, 0.2) is 0 Å². The molecule has 0 saturated heterocycles. The van der Waals surface area contributed by atoms with Crippen LogP contribution in [-0.4, -0.2) is 30.8 Å². The van der Waals surface area contributed by atoms with E-state index < -0.39 is 11.9 Å². The molecule has 0 aromatic heterocycles. The van der Waals surface area contributed by atoms with Gasteiger partial charge in [-0.3, -0.25) is 0 Å². The third-order valence-corrected chi connectivity index (χ3v) is 3.04. The van der Waals surface area contributed by atoms with Crippen molar-refractivity contribution in [3.05, 3.63) is 27.7 Å². The predicted molar refractivity (Wildman–Crippen MR) is 72.3 cm³/mol. The number of hydrogen-bond donors (Lipinski definition) is 1. The molecular formula is C13H15BrO5. The monoisotopic (exact) mass is 330 g/mol. The van der Waals surface area contributed by atoms with Gasteiger partial charge in [0, 0.05) is 0 Å². The number of unbranched alkanes of at least 4 members (excludes halogenated alkanes) is 1. The molecule has 19 heavy (non-hydrogen) atoms. The van der Waals surface area contributed by atoms with E-state index in [1.165, 1.54) is 19.2 Å². The highest BCUT2D eigenvalue weighted by Gasteiger charge is 2.19. The molecule has 1 N–H and O–H groups in total. The van der Waals surface area contributed by atoms with Crippen LogP contribution in [0.25, 0.3) is 0 Å². The number of methoxy groups -OCH3 is 1. The summed E-state index contributed by atoms with van der Waals surface area (Å²) in [7, 11) is 1.24. The number of phenolic OH excluding ortho intramolecular Hbond substituents is 1. The minimum Gasteiger partial charge on any atom is -0.506 e. The molecule has 0 aliphatic rings. The van der Waals surface area contributed by atoms with E-state index in [0.717, 1.165) is 12.8 Å². The Kier molecular flexibility index (Phi) is 5.82. The Morgan fingerprint density at radius 3 is 2.58 bits per heavy atom. The van der Waals surface area contributed by atoms with Crippen molar-refractivity contribution in [3.63, 3.8) is 0 Å². The van der Waals surface area contributed by atoms with E-state index in [4.69, 9.17) is 4.74 Å².